The van der Waals surface area contributed by atoms with Gasteiger partial charge < -0.3 is 5.32 Å². The second-order valence-corrected chi connectivity index (χ2v) is 6.46. The zero-order valence-corrected chi connectivity index (χ0v) is 12.9. The molecule has 0 radical (unpaired) electrons. The van der Waals surface area contributed by atoms with E-state index in [4.69, 9.17) is 0 Å². The summed E-state index contributed by atoms with van der Waals surface area (Å²) < 4.78 is -0.439. The van der Waals surface area contributed by atoms with Crippen LogP contribution < -0.4 is 5.32 Å². The quantitative estimate of drug-likeness (QED) is 0.868. The maximum absolute atomic E-state index is 12.2. The summed E-state index contributed by atoms with van der Waals surface area (Å²) in [5, 5.41) is 2.93. The van der Waals surface area contributed by atoms with Gasteiger partial charge in [-0.15, -0.1) is 11.8 Å². The number of β-lactam (4-membered cyclic amide) rings is 1. The number of carbonyl (C=O) groups is 2. The SMILES string of the molecule is CC[C@@H](NC(=O)N1C[C@@](C)(SC)C1=O)c1ccccc1. The molecule has 0 aromatic heterocycles. The van der Waals surface area contributed by atoms with Gasteiger partial charge in [0.05, 0.1) is 12.6 Å². The standard InChI is InChI=1S/C15H20N2O2S/c1-4-12(11-8-6-5-7-9-11)16-14(19)17-10-15(2,20-3)13(17)18/h5-9,12H,4,10H2,1-3H3,(H,16,19)/t12-,15-/m1/s1. The molecule has 0 bridgehead atoms. The summed E-state index contributed by atoms with van der Waals surface area (Å²) in [6.07, 6.45) is 2.68. The van der Waals surface area contributed by atoms with Crippen molar-refractivity contribution >= 4 is 23.7 Å². The van der Waals surface area contributed by atoms with E-state index in [1.54, 1.807) is 0 Å². The lowest BCUT2D eigenvalue weighted by Crippen LogP contribution is -2.66. The third-order valence-electron chi connectivity index (χ3n) is 3.76. The van der Waals surface area contributed by atoms with Crippen molar-refractivity contribution in [3.8, 4) is 0 Å². The van der Waals surface area contributed by atoms with Gasteiger partial charge in [-0.25, -0.2) is 4.79 Å². The molecule has 20 heavy (non-hydrogen) atoms. The lowest BCUT2D eigenvalue weighted by Gasteiger charge is -2.44. The topological polar surface area (TPSA) is 49.4 Å². The number of hydrogen-bond acceptors (Lipinski definition) is 3. The van der Waals surface area contributed by atoms with E-state index in [0.29, 0.717) is 6.54 Å². The monoisotopic (exact) mass is 292 g/mol. The van der Waals surface area contributed by atoms with Crippen LogP contribution in [0, 0.1) is 0 Å². The van der Waals surface area contributed by atoms with Crippen molar-refractivity contribution in [3.63, 3.8) is 0 Å². The van der Waals surface area contributed by atoms with Crippen LogP contribution in [0.5, 0.6) is 0 Å². The lowest BCUT2D eigenvalue weighted by atomic mass is 10.0. The number of imide groups is 1. The summed E-state index contributed by atoms with van der Waals surface area (Å²) >= 11 is 1.49. The van der Waals surface area contributed by atoms with E-state index in [1.165, 1.54) is 16.7 Å². The fourth-order valence-electron chi connectivity index (χ4n) is 2.28. The highest BCUT2D eigenvalue weighted by Crippen LogP contribution is 2.34. The van der Waals surface area contributed by atoms with E-state index < -0.39 is 4.75 Å². The van der Waals surface area contributed by atoms with Crippen LogP contribution in [0.25, 0.3) is 0 Å². The molecule has 1 fully saturated rings. The van der Waals surface area contributed by atoms with Gasteiger partial charge in [0.1, 0.15) is 4.75 Å². The predicted octanol–water partition coefficient (Wildman–Crippen LogP) is 2.81. The Kier molecular flexibility index (Phi) is 4.38. The zero-order valence-electron chi connectivity index (χ0n) is 12.1. The van der Waals surface area contributed by atoms with E-state index in [9.17, 15) is 9.59 Å². The maximum Gasteiger partial charge on any atom is 0.324 e. The largest absolute Gasteiger partial charge is 0.331 e. The maximum atomic E-state index is 12.2. The molecule has 2 atom stereocenters. The van der Waals surface area contributed by atoms with E-state index in [1.807, 2.05) is 50.4 Å². The molecule has 5 heteroatoms. The molecule has 3 amide bonds. The minimum Gasteiger partial charge on any atom is -0.331 e. The van der Waals surface area contributed by atoms with Crippen molar-refractivity contribution in [1.82, 2.24) is 10.2 Å². The number of thioether (sulfide) groups is 1. The van der Waals surface area contributed by atoms with Crippen LogP contribution in [0.1, 0.15) is 31.9 Å². The number of urea groups is 1. The number of nitrogens with zero attached hydrogens (tertiary/aromatic N) is 1. The average Bonchev–Trinajstić information content (AvgIpc) is 2.50. The molecule has 4 nitrogen and oxygen atoms in total. The number of likely N-dealkylation sites (tertiary alicyclic amines) is 1. The molecule has 108 valence electrons. The Hall–Kier alpha value is -1.49. The number of hydrogen-bond donors (Lipinski definition) is 1. The molecule has 1 aromatic carbocycles. The van der Waals surface area contributed by atoms with Gasteiger partial charge >= 0.3 is 6.03 Å². The fraction of sp³-hybridized carbons (Fsp3) is 0.467. The fourth-order valence-corrected chi connectivity index (χ4v) is 2.83. The van der Waals surface area contributed by atoms with Crippen molar-refractivity contribution in [3.05, 3.63) is 35.9 Å². The van der Waals surface area contributed by atoms with Crippen molar-refractivity contribution in [1.29, 1.82) is 0 Å². The highest BCUT2D eigenvalue weighted by Gasteiger charge is 2.50. The molecular formula is C15H20N2O2S. The Morgan fingerprint density at radius 1 is 1.45 bits per heavy atom. The smallest absolute Gasteiger partial charge is 0.324 e. The first-order valence-corrected chi connectivity index (χ1v) is 7.97. The van der Waals surface area contributed by atoms with E-state index in [0.717, 1.165) is 12.0 Å². The summed E-state index contributed by atoms with van der Waals surface area (Å²) in [6, 6.07) is 9.46. The zero-order chi connectivity index (χ0) is 14.8. The van der Waals surface area contributed by atoms with Crippen LogP contribution in [-0.2, 0) is 4.79 Å². The first-order chi connectivity index (χ1) is 9.51. The summed E-state index contributed by atoms with van der Waals surface area (Å²) in [5.74, 6) is -0.106. The normalized spacial score (nSPS) is 23.1. The van der Waals surface area contributed by atoms with Crippen LogP contribution >= 0.6 is 11.8 Å². The van der Waals surface area contributed by atoms with E-state index in [2.05, 4.69) is 5.32 Å². The molecule has 1 aliphatic heterocycles. The Morgan fingerprint density at radius 2 is 2.10 bits per heavy atom. The van der Waals surface area contributed by atoms with Gasteiger partial charge in [0, 0.05) is 0 Å². The summed E-state index contributed by atoms with van der Waals surface area (Å²) in [6.45, 7) is 4.37. The molecule has 1 aliphatic rings. The Bertz CT molecular complexity index is 506. The molecule has 1 saturated heterocycles. The van der Waals surface area contributed by atoms with Crippen molar-refractivity contribution < 1.29 is 9.59 Å². The van der Waals surface area contributed by atoms with Crippen molar-refractivity contribution in [2.45, 2.75) is 31.1 Å². The highest BCUT2D eigenvalue weighted by molar-refractivity contribution is 8.00. The van der Waals surface area contributed by atoms with E-state index in [-0.39, 0.29) is 18.0 Å². The summed E-state index contributed by atoms with van der Waals surface area (Å²) in [7, 11) is 0. The minimum absolute atomic E-state index is 0.0577. The molecule has 0 saturated carbocycles. The molecule has 1 heterocycles. The van der Waals surface area contributed by atoms with Crippen LogP contribution in [0.2, 0.25) is 0 Å². The molecule has 1 N–H and O–H groups in total. The highest BCUT2D eigenvalue weighted by atomic mass is 32.2. The average molecular weight is 292 g/mol. The third-order valence-corrected chi connectivity index (χ3v) is 4.97. The molecule has 0 aliphatic carbocycles. The molecule has 0 spiro atoms. The van der Waals surface area contributed by atoms with Crippen LogP contribution in [0.3, 0.4) is 0 Å². The number of rotatable bonds is 4. The van der Waals surface area contributed by atoms with Gasteiger partial charge in [-0.3, -0.25) is 9.69 Å². The van der Waals surface area contributed by atoms with Gasteiger partial charge in [-0.1, -0.05) is 37.3 Å². The number of carbonyl (C=O) groups excluding carboxylic acids is 2. The Morgan fingerprint density at radius 3 is 2.60 bits per heavy atom. The summed E-state index contributed by atoms with van der Waals surface area (Å²) in [5.41, 5.74) is 1.06. The lowest BCUT2D eigenvalue weighted by molar-refractivity contribution is -0.139. The third kappa shape index (κ3) is 2.68. The van der Waals surface area contributed by atoms with Gasteiger partial charge in [0.25, 0.3) is 0 Å². The molecule has 2 rings (SSSR count). The first-order valence-electron chi connectivity index (χ1n) is 6.74. The molecular weight excluding hydrogens is 272 g/mol. The van der Waals surface area contributed by atoms with Crippen molar-refractivity contribution in [2.75, 3.05) is 12.8 Å². The van der Waals surface area contributed by atoms with Gasteiger partial charge in [0.2, 0.25) is 5.91 Å². The van der Waals surface area contributed by atoms with Crippen LogP contribution in [0.15, 0.2) is 30.3 Å². The molecule has 0 unspecified atom stereocenters. The Balaban J connectivity index is 2.00. The second-order valence-electron chi connectivity index (χ2n) is 5.15. The Labute approximate surface area is 123 Å². The number of nitrogens with one attached hydrogen (secondary N) is 1. The number of benzene rings is 1. The molecule has 1 aromatic rings. The number of amides is 3. The van der Waals surface area contributed by atoms with Gasteiger partial charge in [0.15, 0.2) is 0 Å². The second kappa shape index (κ2) is 5.87. The van der Waals surface area contributed by atoms with Crippen LogP contribution in [-0.4, -0.2) is 34.4 Å². The minimum atomic E-state index is -0.439. The van der Waals surface area contributed by atoms with Crippen LogP contribution in [0.4, 0.5) is 4.79 Å². The van der Waals surface area contributed by atoms with Crippen molar-refractivity contribution in [2.24, 2.45) is 0 Å². The predicted molar refractivity (Wildman–Crippen MR) is 81.6 cm³/mol. The van der Waals surface area contributed by atoms with Gasteiger partial charge in [-0.05, 0) is 25.2 Å². The first kappa shape index (κ1) is 14.9. The van der Waals surface area contributed by atoms with E-state index >= 15 is 0 Å². The van der Waals surface area contributed by atoms with Gasteiger partial charge in [-0.2, -0.15) is 0 Å². The summed E-state index contributed by atoms with van der Waals surface area (Å²) in [4.78, 5) is 25.5.